The van der Waals surface area contributed by atoms with Crippen LogP contribution in [0, 0.1) is 5.92 Å². The maximum absolute atomic E-state index is 11.7. The van der Waals surface area contributed by atoms with E-state index in [2.05, 4.69) is 5.32 Å². The van der Waals surface area contributed by atoms with E-state index in [4.69, 9.17) is 11.5 Å². The molecule has 0 saturated heterocycles. The van der Waals surface area contributed by atoms with Crippen LogP contribution in [0.15, 0.2) is 30.3 Å². The van der Waals surface area contributed by atoms with E-state index in [1.165, 1.54) is 5.56 Å². The standard InChI is InChI=1S/C15H25N3O/c1-11(2)8-14(17)15(19)18-10-13(16)9-12-6-4-3-5-7-12/h3-7,11,13-14H,8-10,16-17H2,1-2H3,(H,18,19)/t13-,14+/m1/s1. The lowest BCUT2D eigenvalue weighted by Crippen LogP contribution is -2.46. The zero-order valence-corrected chi connectivity index (χ0v) is 11.8. The van der Waals surface area contributed by atoms with E-state index in [-0.39, 0.29) is 11.9 Å². The number of hydrogen-bond acceptors (Lipinski definition) is 3. The first kappa shape index (κ1) is 15.7. The Morgan fingerprint density at radius 1 is 1.21 bits per heavy atom. The SMILES string of the molecule is CC(C)C[C@H](N)C(=O)NC[C@H](N)Cc1ccccc1. The molecule has 1 rings (SSSR count). The summed E-state index contributed by atoms with van der Waals surface area (Å²) in [7, 11) is 0. The highest BCUT2D eigenvalue weighted by molar-refractivity contribution is 5.81. The Morgan fingerprint density at radius 3 is 2.42 bits per heavy atom. The number of benzene rings is 1. The first-order chi connectivity index (χ1) is 8.99. The lowest BCUT2D eigenvalue weighted by molar-refractivity contribution is -0.122. The molecule has 19 heavy (non-hydrogen) atoms. The monoisotopic (exact) mass is 263 g/mol. The molecule has 2 atom stereocenters. The number of hydrogen-bond donors (Lipinski definition) is 3. The normalized spacial score (nSPS) is 14.2. The molecule has 0 bridgehead atoms. The van der Waals surface area contributed by atoms with Crippen LogP contribution in [0.5, 0.6) is 0 Å². The average Bonchev–Trinajstić information content (AvgIpc) is 2.36. The highest BCUT2D eigenvalue weighted by Gasteiger charge is 2.15. The molecule has 0 saturated carbocycles. The molecule has 0 spiro atoms. The van der Waals surface area contributed by atoms with Gasteiger partial charge in [0.25, 0.3) is 0 Å². The number of nitrogens with two attached hydrogens (primary N) is 2. The first-order valence-corrected chi connectivity index (χ1v) is 6.81. The Morgan fingerprint density at radius 2 is 1.84 bits per heavy atom. The number of nitrogens with one attached hydrogen (secondary N) is 1. The van der Waals surface area contributed by atoms with Crippen molar-refractivity contribution in [3.8, 4) is 0 Å². The van der Waals surface area contributed by atoms with Crippen molar-refractivity contribution in [3.05, 3.63) is 35.9 Å². The minimum absolute atomic E-state index is 0.0856. The second kappa shape index (κ2) is 7.92. The van der Waals surface area contributed by atoms with E-state index in [1.807, 2.05) is 44.2 Å². The van der Waals surface area contributed by atoms with Crippen LogP contribution in [-0.2, 0) is 11.2 Å². The van der Waals surface area contributed by atoms with Crippen molar-refractivity contribution in [2.24, 2.45) is 17.4 Å². The summed E-state index contributed by atoms with van der Waals surface area (Å²) in [6, 6.07) is 9.49. The molecule has 0 fully saturated rings. The maximum atomic E-state index is 11.7. The molecule has 4 nitrogen and oxygen atoms in total. The largest absolute Gasteiger partial charge is 0.353 e. The molecule has 1 aromatic carbocycles. The molecule has 1 aromatic rings. The number of amides is 1. The Bertz CT molecular complexity index is 378. The van der Waals surface area contributed by atoms with Crippen LogP contribution in [0.25, 0.3) is 0 Å². The lowest BCUT2D eigenvalue weighted by Gasteiger charge is -2.17. The van der Waals surface area contributed by atoms with E-state index in [1.54, 1.807) is 0 Å². The van der Waals surface area contributed by atoms with Gasteiger partial charge in [-0.25, -0.2) is 0 Å². The summed E-state index contributed by atoms with van der Waals surface area (Å²) in [5.41, 5.74) is 13.0. The number of carbonyl (C=O) groups excluding carboxylic acids is 1. The van der Waals surface area contributed by atoms with Crippen LogP contribution in [0.2, 0.25) is 0 Å². The third kappa shape index (κ3) is 6.36. The zero-order valence-electron chi connectivity index (χ0n) is 11.8. The Balaban J connectivity index is 2.30. The Labute approximate surface area is 115 Å². The van der Waals surface area contributed by atoms with Gasteiger partial charge in [0.1, 0.15) is 0 Å². The predicted octanol–water partition coefficient (Wildman–Crippen LogP) is 1.05. The summed E-state index contributed by atoms with van der Waals surface area (Å²) in [6.07, 6.45) is 1.44. The van der Waals surface area contributed by atoms with Gasteiger partial charge < -0.3 is 16.8 Å². The molecule has 1 amide bonds. The van der Waals surface area contributed by atoms with Crippen LogP contribution in [0.4, 0.5) is 0 Å². The van der Waals surface area contributed by atoms with Crippen LogP contribution in [-0.4, -0.2) is 24.5 Å². The van der Waals surface area contributed by atoms with Gasteiger partial charge in [-0.3, -0.25) is 4.79 Å². The summed E-state index contributed by atoms with van der Waals surface area (Å²) in [5.74, 6) is 0.302. The van der Waals surface area contributed by atoms with Gasteiger partial charge in [-0.15, -0.1) is 0 Å². The quantitative estimate of drug-likeness (QED) is 0.687. The molecule has 0 heterocycles. The molecular weight excluding hydrogens is 238 g/mol. The van der Waals surface area contributed by atoms with Gasteiger partial charge in [0, 0.05) is 12.6 Å². The third-order valence-electron chi connectivity index (χ3n) is 2.94. The molecule has 106 valence electrons. The molecule has 0 aromatic heterocycles. The topological polar surface area (TPSA) is 81.1 Å². The minimum atomic E-state index is -0.441. The van der Waals surface area contributed by atoms with Crippen molar-refractivity contribution >= 4 is 5.91 Å². The fourth-order valence-corrected chi connectivity index (χ4v) is 1.97. The molecule has 5 N–H and O–H groups in total. The molecule has 0 aliphatic rings. The van der Waals surface area contributed by atoms with Gasteiger partial charge >= 0.3 is 0 Å². The Hall–Kier alpha value is -1.39. The predicted molar refractivity (Wildman–Crippen MR) is 78.6 cm³/mol. The van der Waals surface area contributed by atoms with Gasteiger partial charge in [-0.1, -0.05) is 44.2 Å². The van der Waals surface area contributed by atoms with Crippen LogP contribution in [0.1, 0.15) is 25.8 Å². The molecular formula is C15H25N3O. The second-order valence-electron chi connectivity index (χ2n) is 5.43. The van der Waals surface area contributed by atoms with E-state index < -0.39 is 6.04 Å². The van der Waals surface area contributed by atoms with Crippen molar-refractivity contribution in [2.75, 3.05) is 6.54 Å². The average molecular weight is 263 g/mol. The van der Waals surface area contributed by atoms with Gasteiger partial charge in [0.05, 0.1) is 6.04 Å². The third-order valence-corrected chi connectivity index (χ3v) is 2.94. The first-order valence-electron chi connectivity index (χ1n) is 6.81. The van der Waals surface area contributed by atoms with Gasteiger partial charge in [0.15, 0.2) is 0 Å². The van der Waals surface area contributed by atoms with Gasteiger partial charge in [-0.2, -0.15) is 0 Å². The van der Waals surface area contributed by atoms with Crippen molar-refractivity contribution < 1.29 is 4.79 Å². The summed E-state index contributed by atoms with van der Waals surface area (Å²) in [6.45, 7) is 4.56. The summed E-state index contributed by atoms with van der Waals surface area (Å²) < 4.78 is 0. The lowest BCUT2D eigenvalue weighted by atomic mass is 10.0. The Kier molecular flexibility index (Phi) is 6.53. The van der Waals surface area contributed by atoms with Crippen molar-refractivity contribution in [2.45, 2.75) is 38.8 Å². The smallest absolute Gasteiger partial charge is 0.236 e. The molecule has 4 heteroatoms. The molecule has 0 unspecified atom stereocenters. The van der Waals surface area contributed by atoms with E-state index in [0.29, 0.717) is 18.9 Å². The van der Waals surface area contributed by atoms with E-state index >= 15 is 0 Å². The highest BCUT2D eigenvalue weighted by Crippen LogP contribution is 2.03. The minimum Gasteiger partial charge on any atom is -0.353 e. The highest BCUT2D eigenvalue weighted by atomic mass is 16.2. The van der Waals surface area contributed by atoms with Gasteiger partial charge in [0.2, 0.25) is 5.91 Å². The number of carbonyl (C=O) groups is 1. The van der Waals surface area contributed by atoms with E-state index in [0.717, 1.165) is 6.42 Å². The summed E-state index contributed by atoms with van der Waals surface area (Å²) >= 11 is 0. The fourth-order valence-electron chi connectivity index (χ4n) is 1.97. The van der Waals surface area contributed by atoms with Crippen LogP contribution in [0.3, 0.4) is 0 Å². The van der Waals surface area contributed by atoms with Crippen LogP contribution < -0.4 is 16.8 Å². The van der Waals surface area contributed by atoms with Gasteiger partial charge in [-0.05, 0) is 24.3 Å². The molecule has 0 aliphatic heterocycles. The summed E-state index contributed by atoms with van der Waals surface area (Å²) in [5, 5.41) is 2.82. The van der Waals surface area contributed by atoms with Crippen LogP contribution >= 0.6 is 0 Å². The maximum Gasteiger partial charge on any atom is 0.236 e. The van der Waals surface area contributed by atoms with Crippen molar-refractivity contribution in [1.29, 1.82) is 0 Å². The van der Waals surface area contributed by atoms with Crippen molar-refractivity contribution in [3.63, 3.8) is 0 Å². The van der Waals surface area contributed by atoms with E-state index in [9.17, 15) is 4.79 Å². The fraction of sp³-hybridized carbons (Fsp3) is 0.533. The van der Waals surface area contributed by atoms with Crippen molar-refractivity contribution in [1.82, 2.24) is 5.32 Å². The zero-order chi connectivity index (χ0) is 14.3. The molecule has 0 aliphatic carbocycles. The molecule has 0 radical (unpaired) electrons. The second-order valence-corrected chi connectivity index (χ2v) is 5.43. The number of rotatable bonds is 7. The summed E-state index contributed by atoms with van der Waals surface area (Å²) in [4.78, 5) is 11.7.